The third-order valence-corrected chi connectivity index (χ3v) is 3.84. The van der Waals surface area contributed by atoms with Gasteiger partial charge in [0.05, 0.1) is 22.3 Å². The number of halogens is 3. The van der Waals surface area contributed by atoms with Gasteiger partial charge in [-0.1, -0.05) is 53.0 Å². The number of carbonyl (C=O) groups is 1. The van der Waals surface area contributed by atoms with Crippen LogP contribution >= 0.6 is 39.1 Å². The van der Waals surface area contributed by atoms with Crippen molar-refractivity contribution in [1.29, 1.82) is 0 Å². The van der Waals surface area contributed by atoms with Gasteiger partial charge in [-0.25, -0.2) is 0 Å². The predicted molar refractivity (Wildman–Crippen MR) is 85.2 cm³/mol. The first-order valence-corrected chi connectivity index (χ1v) is 7.70. The van der Waals surface area contributed by atoms with E-state index < -0.39 is 0 Å². The standard InChI is InChI=1S/C13H17BrCl2N2O/c1-3-9(4-2)18-12(19)7-17-13-10(15)5-8(14)6-11(13)16/h5-6,9,17H,3-4,7H2,1-2H3,(H,18,19). The summed E-state index contributed by atoms with van der Waals surface area (Å²) < 4.78 is 0.800. The Labute approximate surface area is 132 Å². The molecule has 3 nitrogen and oxygen atoms in total. The van der Waals surface area contributed by atoms with Gasteiger partial charge in [-0.2, -0.15) is 0 Å². The van der Waals surface area contributed by atoms with Crippen molar-refractivity contribution >= 4 is 50.7 Å². The molecule has 6 heteroatoms. The molecule has 1 amide bonds. The number of nitrogens with one attached hydrogen (secondary N) is 2. The van der Waals surface area contributed by atoms with Crippen molar-refractivity contribution in [2.45, 2.75) is 32.7 Å². The molecule has 1 rings (SSSR count). The van der Waals surface area contributed by atoms with Crippen molar-refractivity contribution in [3.63, 3.8) is 0 Å². The van der Waals surface area contributed by atoms with E-state index in [1.54, 1.807) is 12.1 Å². The summed E-state index contributed by atoms with van der Waals surface area (Å²) >= 11 is 15.4. The Balaban J connectivity index is 2.60. The van der Waals surface area contributed by atoms with Crippen LogP contribution in [0.1, 0.15) is 26.7 Å². The van der Waals surface area contributed by atoms with E-state index in [1.165, 1.54) is 0 Å². The average Bonchev–Trinajstić information content (AvgIpc) is 2.34. The number of benzene rings is 1. The molecule has 0 fully saturated rings. The van der Waals surface area contributed by atoms with Crippen LogP contribution in [-0.4, -0.2) is 18.5 Å². The summed E-state index contributed by atoms with van der Waals surface area (Å²) in [6, 6.07) is 3.67. The van der Waals surface area contributed by atoms with Gasteiger partial charge in [0.2, 0.25) is 5.91 Å². The first-order chi connectivity index (χ1) is 8.97. The molecule has 2 N–H and O–H groups in total. The molecule has 0 saturated heterocycles. The Hall–Kier alpha value is -0.450. The van der Waals surface area contributed by atoms with Crippen molar-refractivity contribution in [2.24, 2.45) is 0 Å². The topological polar surface area (TPSA) is 41.1 Å². The summed E-state index contributed by atoms with van der Waals surface area (Å²) in [7, 11) is 0. The van der Waals surface area contributed by atoms with Gasteiger partial charge in [0.25, 0.3) is 0 Å². The van der Waals surface area contributed by atoms with E-state index in [-0.39, 0.29) is 18.5 Å². The van der Waals surface area contributed by atoms with Gasteiger partial charge in [0.15, 0.2) is 0 Å². The van der Waals surface area contributed by atoms with Crippen molar-refractivity contribution in [2.75, 3.05) is 11.9 Å². The molecule has 0 spiro atoms. The maximum atomic E-state index is 11.8. The minimum Gasteiger partial charge on any atom is -0.374 e. The molecule has 0 radical (unpaired) electrons. The van der Waals surface area contributed by atoms with E-state index in [4.69, 9.17) is 23.2 Å². The highest BCUT2D eigenvalue weighted by Gasteiger charge is 2.11. The fourth-order valence-electron chi connectivity index (χ4n) is 1.65. The molecule has 1 aromatic rings. The van der Waals surface area contributed by atoms with Gasteiger partial charge in [0.1, 0.15) is 0 Å². The second-order valence-corrected chi connectivity index (χ2v) is 5.91. The number of rotatable bonds is 6. The molecule has 0 heterocycles. The predicted octanol–water partition coefficient (Wildman–Crippen LogP) is 4.47. The lowest BCUT2D eigenvalue weighted by atomic mass is 10.2. The van der Waals surface area contributed by atoms with Gasteiger partial charge < -0.3 is 10.6 Å². The van der Waals surface area contributed by atoms with E-state index in [9.17, 15) is 4.79 Å². The third kappa shape index (κ3) is 5.21. The summed E-state index contributed by atoms with van der Waals surface area (Å²) in [6.07, 6.45) is 1.84. The van der Waals surface area contributed by atoms with Gasteiger partial charge in [0, 0.05) is 10.5 Å². The van der Waals surface area contributed by atoms with Crippen LogP contribution < -0.4 is 10.6 Å². The lowest BCUT2D eigenvalue weighted by molar-refractivity contribution is -0.120. The average molecular weight is 368 g/mol. The number of carbonyl (C=O) groups excluding carboxylic acids is 1. The second kappa shape index (κ2) is 7.98. The number of anilines is 1. The number of hydrogen-bond acceptors (Lipinski definition) is 2. The van der Waals surface area contributed by atoms with E-state index in [0.717, 1.165) is 17.3 Å². The summed E-state index contributed by atoms with van der Waals surface area (Å²) in [6.45, 7) is 4.24. The molecule has 106 valence electrons. The minimum atomic E-state index is -0.0660. The molecule has 0 saturated carbocycles. The summed E-state index contributed by atoms with van der Waals surface area (Å²) in [5.41, 5.74) is 0.575. The van der Waals surface area contributed by atoms with E-state index in [0.29, 0.717) is 15.7 Å². The van der Waals surface area contributed by atoms with Crippen molar-refractivity contribution in [3.8, 4) is 0 Å². The van der Waals surface area contributed by atoms with E-state index in [2.05, 4.69) is 26.6 Å². The van der Waals surface area contributed by atoms with Crippen LogP contribution in [0.25, 0.3) is 0 Å². The van der Waals surface area contributed by atoms with Crippen LogP contribution in [0.5, 0.6) is 0 Å². The highest BCUT2D eigenvalue weighted by Crippen LogP contribution is 2.33. The largest absolute Gasteiger partial charge is 0.374 e. The molecule has 0 atom stereocenters. The first kappa shape index (κ1) is 16.6. The fraction of sp³-hybridized carbons (Fsp3) is 0.462. The number of amides is 1. The van der Waals surface area contributed by atoms with Crippen LogP contribution in [-0.2, 0) is 4.79 Å². The van der Waals surface area contributed by atoms with Crippen LogP contribution in [0, 0.1) is 0 Å². The van der Waals surface area contributed by atoms with Crippen LogP contribution in [0.15, 0.2) is 16.6 Å². The lowest BCUT2D eigenvalue weighted by Gasteiger charge is -2.16. The molecule has 0 aliphatic carbocycles. The van der Waals surface area contributed by atoms with E-state index in [1.807, 2.05) is 13.8 Å². The quantitative estimate of drug-likeness (QED) is 0.778. The van der Waals surface area contributed by atoms with Crippen LogP contribution in [0.3, 0.4) is 0 Å². The summed E-state index contributed by atoms with van der Waals surface area (Å²) in [4.78, 5) is 11.8. The Kier molecular flexibility index (Phi) is 6.97. The first-order valence-electron chi connectivity index (χ1n) is 6.15. The van der Waals surface area contributed by atoms with E-state index >= 15 is 0 Å². The van der Waals surface area contributed by atoms with Crippen molar-refractivity contribution < 1.29 is 4.79 Å². The Morgan fingerprint density at radius 1 is 1.26 bits per heavy atom. The maximum absolute atomic E-state index is 11.8. The third-order valence-electron chi connectivity index (χ3n) is 2.78. The monoisotopic (exact) mass is 366 g/mol. The fourth-order valence-corrected chi connectivity index (χ4v) is 2.99. The molecule has 0 aliphatic heterocycles. The second-order valence-electron chi connectivity index (χ2n) is 4.18. The van der Waals surface area contributed by atoms with Gasteiger partial charge in [-0.15, -0.1) is 0 Å². The zero-order chi connectivity index (χ0) is 14.4. The maximum Gasteiger partial charge on any atom is 0.239 e. The summed E-state index contributed by atoms with van der Waals surface area (Å²) in [5.74, 6) is -0.0660. The smallest absolute Gasteiger partial charge is 0.239 e. The SMILES string of the molecule is CCC(CC)NC(=O)CNc1c(Cl)cc(Br)cc1Cl. The molecule has 1 aromatic carbocycles. The lowest BCUT2D eigenvalue weighted by Crippen LogP contribution is -2.37. The van der Waals surface area contributed by atoms with Gasteiger partial charge >= 0.3 is 0 Å². The molecule has 0 unspecified atom stereocenters. The normalized spacial score (nSPS) is 10.6. The van der Waals surface area contributed by atoms with Crippen molar-refractivity contribution in [3.05, 3.63) is 26.7 Å². The molecule has 0 aliphatic rings. The Morgan fingerprint density at radius 2 is 1.79 bits per heavy atom. The van der Waals surface area contributed by atoms with Crippen LogP contribution in [0.4, 0.5) is 5.69 Å². The Bertz CT molecular complexity index is 427. The van der Waals surface area contributed by atoms with Crippen LogP contribution in [0.2, 0.25) is 10.0 Å². The highest BCUT2D eigenvalue weighted by molar-refractivity contribution is 9.10. The zero-order valence-corrected chi connectivity index (χ0v) is 14.0. The molecule has 19 heavy (non-hydrogen) atoms. The van der Waals surface area contributed by atoms with Gasteiger partial charge in [-0.3, -0.25) is 4.79 Å². The summed E-state index contributed by atoms with van der Waals surface area (Å²) in [5, 5.41) is 6.87. The molecule has 0 bridgehead atoms. The highest BCUT2D eigenvalue weighted by atomic mass is 79.9. The van der Waals surface area contributed by atoms with Crippen molar-refractivity contribution in [1.82, 2.24) is 5.32 Å². The molecular weight excluding hydrogens is 351 g/mol. The molecular formula is C13H17BrCl2N2O. The number of hydrogen-bond donors (Lipinski definition) is 2. The van der Waals surface area contributed by atoms with Gasteiger partial charge in [-0.05, 0) is 25.0 Å². The Morgan fingerprint density at radius 3 is 2.26 bits per heavy atom. The molecule has 0 aromatic heterocycles. The zero-order valence-electron chi connectivity index (χ0n) is 10.9. The minimum absolute atomic E-state index is 0.0660.